The Balaban J connectivity index is 0.984. The average Bonchev–Trinajstić information content (AvgIpc) is 3.57. The summed E-state index contributed by atoms with van der Waals surface area (Å²) in [6.07, 6.45) is 2.21. The molecule has 2 heterocycles. The van der Waals surface area contributed by atoms with Crippen LogP contribution in [0.4, 0.5) is 0 Å². The zero-order valence-electron chi connectivity index (χ0n) is 30.6. The van der Waals surface area contributed by atoms with Gasteiger partial charge in [-0.15, -0.1) is 0 Å². The number of amidine groups is 1. The molecule has 0 saturated carbocycles. The van der Waals surface area contributed by atoms with E-state index in [9.17, 15) is 0 Å². The fourth-order valence-electron chi connectivity index (χ4n) is 9.12. The first-order chi connectivity index (χ1) is 27.8. The molecule has 3 heteroatoms. The monoisotopic (exact) mass is 716 g/mol. The molecule has 0 saturated heterocycles. The van der Waals surface area contributed by atoms with Gasteiger partial charge in [-0.1, -0.05) is 188 Å². The Bertz CT molecular complexity index is 2810. The number of nitrogens with zero attached hydrogens (tertiary/aromatic N) is 1. The highest BCUT2D eigenvalue weighted by Gasteiger charge is 2.50. The minimum Gasteiger partial charge on any atom is -0.457 e. The van der Waals surface area contributed by atoms with Crippen LogP contribution in [0, 0.1) is 0 Å². The second-order valence-electron chi connectivity index (χ2n) is 14.7. The quantitative estimate of drug-likeness (QED) is 0.192. The molecule has 56 heavy (non-hydrogen) atoms. The van der Waals surface area contributed by atoms with Crippen LogP contribution in [0.1, 0.15) is 45.0 Å². The maximum absolute atomic E-state index is 6.84. The standard InChI is InChI=1S/C53H36N2O/c1-3-15-36(16-4-1)48-34-49(37-17-5-2-6-18-37)55-52(54-48)38-29-27-35(28-30-38)40-19-7-8-20-41(40)39-31-32-47-51(33-39)56-50-26-14-13-25-46(50)53(47)44-23-11-9-21-42(44)43-22-10-12-24-45(43)53/h1-34,48H,(H,54,55). The highest BCUT2D eigenvalue weighted by atomic mass is 16.5. The number of aliphatic imine (C=N–C) groups is 1. The Hall–Kier alpha value is -7.23. The molecule has 3 nitrogen and oxygen atoms in total. The molecule has 0 bridgehead atoms. The molecule has 0 aromatic heterocycles. The van der Waals surface area contributed by atoms with E-state index in [0.29, 0.717) is 0 Å². The SMILES string of the molecule is C1=C(c2ccccc2)N=C(c2ccc(-c3ccccc3-c3ccc4c(c3)Oc3ccccc3C43c4ccccc4-c4ccccc43)cc2)NC1c1ccccc1. The number of rotatable bonds is 5. The van der Waals surface area contributed by atoms with E-state index in [2.05, 4.69) is 206 Å². The highest BCUT2D eigenvalue weighted by molar-refractivity contribution is 6.04. The second kappa shape index (κ2) is 13.0. The summed E-state index contributed by atoms with van der Waals surface area (Å²) >= 11 is 0. The van der Waals surface area contributed by atoms with Gasteiger partial charge in [0, 0.05) is 16.7 Å². The molecule has 2 aliphatic heterocycles. The molecule has 0 fully saturated rings. The molecule has 11 rings (SSSR count). The summed E-state index contributed by atoms with van der Waals surface area (Å²) < 4.78 is 6.84. The lowest BCUT2D eigenvalue weighted by Gasteiger charge is -2.39. The van der Waals surface area contributed by atoms with Gasteiger partial charge in [-0.3, -0.25) is 0 Å². The summed E-state index contributed by atoms with van der Waals surface area (Å²) in [5.41, 5.74) is 15.9. The summed E-state index contributed by atoms with van der Waals surface area (Å²) in [4.78, 5) is 5.13. The Morgan fingerprint density at radius 3 is 1.62 bits per heavy atom. The van der Waals surface area contributed by atoms with Crippen molar-refractivity contribution in [3.8, 4) is 44.9 Å². The minimum atomic E-state index is -0.476. The number of hydrogen-bond acceptors (Lipinski definition) is 3. The number of para-hydroxylation sites is 1. The minimum absolute atomic E-state index is 0.00262. The number of ether oxygens (including phenoxy) is 1. The van der Waals surface area contributed by atoms with Gasteiger partial charge in [0.2, 0.25) is 0 Å². The fourth-order valence-corrected chi connectivity index (χ4v) is 9.12. The molecule has 1 unspecified atom stereocenters. The predicted molar refractivity (Wildman–Crippen MR) is 228 cm³/mol. The van der Waals surface area contributed by atoms with Crippen molar-refractivity contribution >= 4 is 11.5 Å². The van der Waals surface area contributed by atoms with E-state index in [-0.39, 0.29) is 6.04 Å². The molecule has 3 aliphatic rings. The topological polar surface area (TPSA) is 33.6 Å². The van der Waals surface area contributed by atoms with E-state index in [0.717, 1.165) is 62.0 Å². The summed E-state index contributed by atoms with van der Waals surface area (Å²) in [7, 11) is 0. The second-order valence-corrected chi connectivity index (χ2v) is 14.7. The highest BCUT2D eigenvalue weighted by Crippen LogP contribution is 2.62. The van der Waals surface area contributed by atoms with Crippen molar-refractivity contribution in [1.82, 2.24) is 5.32 Å². The molecule has 1 atom stereocenters. The molecule has 1 spiro atoms. The molecule has 0 radical (unpaired) electrons. The average molecular weight is 717 g/mol. The molecular weight excluding hydrogens is 681 g/mol. The maximum atomic E-state index is 6.84. The van der Waals surface area contributed by atoms with Crippen molar-refractivity contribution in [2.75, 3.05) is 0 Å². The Morgan fingerprint density at radius 2 is 0.929 bits per heavy atom. The van der Waals surface area contributed by atoms with Crippen LogP contribution in [-0.2, 0) is 5.41 Å². The van der Waals surface area contributed by atoms with Crippen molar-refractivity contribution in [2.45, 2.75) is 11.5 Å². The third-order valence-electron chi connectivity index (χ3n) is 11.6. The lowest BCUT2D eigenvalue weighted by Crippen LogP contribution is -2.32. The largest absolute Gasteiger partial charge is 0.457 e. The summed E-state index contributed by atoms with van der Waals surface area (Å²) in [5, 5.41) is 3.71. The van der Waals surface area contributed by atoms with Gasteiger partial charge in [0.15, 0.2) is 0 Å². The predicted octanol–water partition coefficient (Wildman–Crippen LogP) is 12.6. The van der Waals surface area contributed by atoms with Gasteiger partial charge >= 0.3 is 0 Å². The van der Waals surface area contributed by atoms with Crippen LogP contribution >= 0.6 is 0 Å². The van der Waals surface area contributed by atoms with E-state index < -0.39 is 5.41 Å². The summed E-state index contributed by atoms with van der Waals surface area (Å²) in [6.45, 7) is 0. The molecule has 8 aromatic rings. The van der Waals surface area contributed by atoms with E-state index in [1.807, 2.05) is 6.07 Å². The van der Waals surface area contributed by atoms with Crippen molar-refractivity contribution in [2.24, 2.45) is 4.99 Å². The van der Waals surface area contributed by atoms with Crippen LogP contribution in [-0.4, -0.2) is 5.84 Å². The Labute approximate surface area is 327 Å². The van der Waals surface area contributed by atoms with Gasteiger partial charge in [0.25, 0.3) is 0 Å². The van der Waals surface area contributed by atoms with Gasteiger partial charge in [-0.05, 0) is 73.8 Å². The number of benzene rings is 8. The van der Waals surface area contributed by atoms with Crippen LogP contribution in [0.3, 0.4) is 0 Å². The Morgan fingerprint density at radius 1 is 0.411 bits per heavy atom. The molecule has 0 amide bonds. The smallest absolute Gasteiger partial charge is 0.134 e. The Kier molecular flexibility index (Phi) is 7.46. The van der Waals surface area contributed by atoms with Gasteiger partial charge in [0.05, 0.1) is 17.2 Å². The third-order valence-corrected chi connectivity index (χ3v) is 11.6. The van der Waals surface area contributed by atoms with Crippen LogP contribution in [0.25, 0.3) is 39.1 Å². The maximum Gasteiger partial charge on any atom is 0.134 e. The van der Waals surface area contributed by atoms with Crippen molar-refractivity contribution < 1.29 is 4.74 Å². The van der Waals surface area contributed by atoms with E-state index >= 15 is 0 Å². The van der Waals surface area contributed by atoms with E-state index in [1.165, 1.54) is 33.4 Å². The molecule has 1 aliphatic carbocycles. The van der Waals surface area contributed by atoms with E-state index in [1.54, 1.807) is 0 Å². The molecule has 1 N–H and O–H groups in total. The number of fused-ring (bicyclic) bond motifs is 9. The lowest BCUT2D eigenvalue weighted by molar-refractivity contribution is 0.436. The normalized spacial score (nSPS) is 15.6. The molecular formula is C53H36N2O. The molecule has 264 valence electrons. The first kappa shape index (κ1) is 32.2. The zero-order chi connectivity index (χ0) is 37.1. The van der Waals surface area contributed by atoms with E-state index in [4.69, 9.17) is 9.73 Å². The van der Waals surface area contributed by atoms with Gasteiger partial charge in [-0.2, -0.15) is 0 Å². The lowest BCUT2D eigenvalue weighted by atomic mass is 9.66. The van der Waals surface area contributed by atoms with Crippen LogP contribution in [0.5, 0.6) is 11.5 Å². The van der Waals surface area contributed by atoms with Gasteiger partial charge < -0.3 is 10.1 Å². The van der Waals surface area contributed by atoms with Gasteiger partial charge in [-0.25, -0.2) is 4.99 Å². The zero-order valence-corrected chi connectivity index (χ0v) is 30.6. The fraction of sp³-hybridized carbons (Fsp3) is 0.0377. The summed E-state index contributed by atoms with van der Waals surface area (Å²) in [6, 6.07) is 71.5. The van der Waals surface area contributed by atoms with Crippen LogP contribution < -0.4 is 10.1 Å². The van der Waals surface area contributed by atoms with Crippen molar-refractivity contribution in [3.05, 3.63) is 245 Å². The summed E-state index contributed by atoms with van der Waals surface area (Å²) in [5.74, 6) is 2.64. The van der Waals surface area contributed by atoms with Crippen LogP contribution in [0.15, 0.2) is 211 Å². The first-order valence-electron chi connectivity index (χ1n) is 19.2. The number of nitrogens with one attached hydrogen (secondary N) is 1. The third kappa shape index (κ3) is 5.02. The van der Waals surface area contributed by atoms with Gasteiger partial charge in [0.1, 0.15) is 17.3 Å². The molecule has 8 aromatic carbocycles. The first-order valence-corrected chi connectivity index (χ1v) is 19.2. The van der Waals surface area contributed by atoms with Crippen molar-refractivity contribution in [3.63, 3.8) is 0 Å². The van der Waals surface area contributed by atoms with Crippen LogP contribution in [0.2, 0.25) is 0 Å². The number of hydrogen-bond donors (Lipinski definition) is 1. The van der Waals surface area contributed by atoms with Crippen molar-refractivity contribution in [1.29, 1.82) is 0 Å².